The van der Waals surface area contributed by atoms with Gasteiger partial charge < -0.3 is 19.7 Å². The van der Waals surface area contributed by atoms with Crippen molar-refractivity contribution in [3.8, 4) is 5.75 Å². The summed E-state index contributed by atoms with van der Waals surface area (Å²) >= 11 is 0. The van der Waals surface area contributed by atoms with Crippen molar-refractivity contribution >= 4 is 39.9 Å². The largest absolute Gasteiger partial charge is 0.497 e. The number of nitrogens with zero attached hydrogens (tertiary/aromatic N) is 4. The zero-order chi connectivity index (χ0) is 28.9. The van der Waals surface area contributed by atoms with Gasteiger partial charge in [0.25, 0.3) is 0 Å². The molecule has 0 bridgehead atoms. The van der Waals surface area contributed by atoms with Crippen LogP contribution >= 0.6 is 0 Å². The molecular formula is C28H32FN5O5S. The van der Waals surface area contributed by atoms with Gasteiger partial charge >= 0.3 is 6.09 Å². The summed E-state index contributed by atoms with van der Waals surface area (Å²) in [6.07, 6.45) is 6.47. The molecule has 12 heteroatoms. The van der Waals surface area contributed by atoms with Crippen LogP contribution in [0.1, 0.15) is 31.9 Å². The van der Waals surface area contributed by atoms with Gasteiger partial charge in [-0.15, -0.1) is 0 Å². The smallest absolute Gasteiger partial charge is 0.410 e. The highest BCUT2D eigenvalue weighted by Crippen LogP contribution is 2.25. The maximum atomic E-state index is 15.0. The molecule has 0 radical (unpaired) electrons. The van der Waals surface area contributed by atoms with Gasteiger partial charge in [-0.25, -0.2) is 27.6 Å². The second-order valence-electron chi connectivity index (χ2n) is 10.1. The average Bonchev–Trinajstić information content (AvgIpc) is 2.92. The molecule has 10 nitrogen and oxygen atoms in total. The molecule has 0 spiro atoms. The molecule has 2 heterocycles. The van der Waals surface area contributed by atoms with Gasteiger partial charge in [-0.05, 0) is 56.7 Å². The van der Waals surface area contributed by atoms with Crippen molar-refractivity contribution in [2.75, 3.05) is 38.6 Å². The molecule has 1 aliphatic heterocycles. The van der Waals surface area contributed by atoms with E-state index in [0.717, 1.165) is 22.9 Å². The first-order valence-electron chi connectivity index (χ1n) is 12.6. The van der Waals surface area contributed by atoms with Crippen molar-refractivity contribution in [3.63, 3.8) is 0 Å². The van der Waals surface area contributed by atoms with Gasteiger partial charge in [-0.1, -0.05) is 24.3 Å². The predicted octanol–water partition coefficient (Wildman–Crippen LogP) is 4.78. The number of rotatable bonds is 7. The van der Waals surface area contributed by atoms with Crippen LogP contribution in [-0.4, -0.2) is 72.6 Å². The monoisotopic (exact) mass is 569 g/mol. The van der Waals surface area contributed by atoms with Crippen molar-refractivity contribution in [2.24, 2.45) is 0 Å². The zero-order valence-electron chi connectivity index (χ0n) is 22.8. The molecule has 2 aromatic carbocycles. The summed E-state index contributed by atoms with van der Waals surface area (Å²) in [5, 5.41) is 2.89. The number of amides is 1. The van der Waals surface area contributed by atoms with Crippen LogP contribution in [0.25, 0.3) is 12.2 Å². The Bertz CT molecular complexity index is 1480. The number of sulfonamides is 1. The summed E-state index contributed by atoms with van der Waals surface area (Å²) in [5.74, 6) is 0.0778. The standard InChI is InChI=1S/C28H32FN5O5S/c1-28(2,3)39-27(35)33-12-14-34(15-13-33)40(36,37)25-11-10-22(17-24(25)29)32-26-30-18-21(19-31-26)9-8-20-6-5-7-23(16-20)38-4/h5-11,16-19H,12-15H2,1-4H3,(H,30,31,32)/b9-8+. The van der Waals surface area contributed by atoms with Crippen LogP contribution in [0.5, 0.6) is 5.75 Å². The van der Waals surface area contributed by atoms with E-state index in [2.05, 4.69) is 15.3 Å². The molecule has 0 saturated carbocycles. The Labute approximate surface area is 233 Å². The van der Waals surface area contributed by atoms with Gasteiger partial charge in [0.1, 0.15) is 22.1 Å². The number of benzene rings is 2. The SMILES string of the molecule is COc1cccc(/C=C/c2cnc(Nc3ccc(S(=O)(=O)N4CCN(C(=O)OC(C)(C)C)CC4)c(F)c3)nc2)c1. The fourth-order valence-corrected chi connectivity index (χ4v) is 5.39. The first-order chi connectivity index (χ1) is 18.9. The molecule has 1 N–H and O–H groups in total. The van der Waals surface area contributed by atoms with Crippen molar-refractivity contribution in [3.05, 3.63) is 71.8 Å². The highest BCUT2D eigenvalue weighted by atomic mass is 32.2. The first kappa shape index (κ1) is 29.0. The van der Waals surface area contributed by atoms with E-state index in [1.807, 2.05) is 36.4 Å². The van der Waals surface area contributed by atoms with E-state index in [-0.39, 0.29) is 32.1 Å². The number of nitrogens with one attached hydrogen (secondary N) is 1. The Kier molecular flexibility index (Phi) is 8.70. The summed E-state index contributed by atoms with van der Waals surface area (Å²) in [6, 6.07) is 11.3. The topological polar surface area (TPSA) is 114 Å². The third kappa shape index (κ3) is 7.33. The van der Waals surface area contributed by atoms with Gasteiger partial charge in [-0.3, -0.25) is 0 Å². The number of carbonyl (C=O) groups is 1. The lowest BCUT2D eigenvalue weighted by Gasteiger charge is -2.35. The fraction of sp³-hybridized carbons (Fsp3) is 0.321. The van der Waals surface area contributed by atoms with Gasteiger partial charge in [-0.2, -0.15) is 4.31 Å². The average molecular weight is 570 g/mol. The van der Waals surface area contributed by atoms with Crippen LogP contribution in [0.15, 0.2) is 59.8 Å². The lowest BCUT2D eigenvalue weighted by atomic mass is 10.2. The van der Waals surface area contributed by atoms with Gasteiger partial charge in [0.2, 0.25) is 16.0 Å². The molecule has 3 aromatic rings. The van der Waals surface area contributed by atoms with E-state index in [1.165, 1.54) is 21.3 Å². The normalized spacial score (nSPS) is 14.8. The number of aromatic nitrogens is 2. The lowest BCUT2D eigenvalue weighted by molar-refractivity contribution is 0.0192. The van der Waals surface area contributed by atoms with E-state index < -0.39 is 32.4 Å². The minimum Gasteiger partial charge on any atom is -0.497 e. The second kappa shape index (κ2) is 12.0. The molecule has 1 fully saturated rings. The molecule has 1 aliphatic rings. The van der Waals surface area contributed by atoms with E-state index in [1.54, 1.807) is 40.3 Å². The highest BCUT2D eigenvalue weighted by molar-refractivity contribution is 7.89. The number of anilines is 2. The zero-order valence-corrected chi connectivity index (χ0v) is 23.6. The van der Waals surface area contributed by atoms with Crippen LogP contribution in [-0.2, 0) is 14.8 Å². The Morgan fingerprint density at radius 1 is 1.00 bits per heavy atom. The lowest BCUT2D eigenvalue weighted by Crippen LogP contribution is -2.51. The van der Waals surface area contributed by atoms with Crippen LogP contribution in [0.3, 0.4) is 0 Å². The highest BCUT2D eigenvalue weighted by Gasteiger charge is 2.33. The number of piperazine rings is 1. The second-order valence-corrected chi connectivity index (χ2v) is 12.0. The van der Waals surface area contributed by atoms with Crippen molar-refractivity contribution in [1.29, 1.82) is 0 Å². The number of hydrogen-bond donors (Lipinski definition) is 1. The van der Waals surface area contributed by atoms with Crippen molar-refractivity contribution < 1.29 is 27.1 Å². The Hall–Kier alpha value is -4.03. The molecule has 1 amide bonds. The van der Waals surface area contributed by atoms with Gasteiger partial charge in [0.15, 0.2) is 0 Å². The number of carbonyl (C=O) groups excluding carboxylic acids is 1. The molecule has 1 saturated heterocycles. The van der Waals surface area contributed by atoms with Crippen LogP contribution < -0.4 is 10.1 Å². The number of halogens is 1. The molecule has 0 atom stereocenters. The van der Waals surface area contributed by atoms with E-state index in [0.29, 0.717) is 5.69 Å². The summed E-state index contributed by atoms with van der Waals surface area (Å²) < 4.78 is 52.9. The predicted molar refractivity (Wildman–Crippen MR) is 150 cm³/mol. The van der Waals surface area contributed by atoms with Gasteiger partial charge in [0, 0.05) is 49.8 Å². The van der Waals surface area contributed by atoms with E-state index in [9.17, 15) is 17.6 Å². The van der Waals surface area contributed by atoms with Crippen molar-refractivity contribution in [1.82, 2.24) is 19.2 Å². The molecule has 212 valence electrons. The molecule has 0 unspecified atom stereocenters. The minimum atomic E-state index is -4.10. The molecule has 0 aliphatic carbocycles. The fourth-order valence-electron chi connectivity index (χ4n) is 3.92. The molecule has 1 aromatic heterocycles. The minimum absolute atomic E-state index is 0.0352. The summed E-state index contributed by atoms with van der Waals surface area (Å²) in [5.41, 5.74) is 1.36. The Morgan fingerprint density at radius 3 is 2.30 bits per heavy atom. The molecule has 40 heavy (non-hydrogen) atoms. The van der Waals surface area contributed by atoms with Crippen LogP contribution in [0, 0.1) is 5.82 Å². The summed E-state index contributed by atoms with van der Waals surface area (Å²) in [7, 11) is -2.49. The number of ether oxygens (including phenoxy) is 2. The first-order valence-corrected chi connectivity index (χ1v) is 14.1. The third-order valence-corrected chi connectivity index (χ3v) is 7.86. The number of methoxy groups -OCH3 is 1. The van der Waals surface area contributed by atoms with Crippen LogP contribution in [0.2, 0.25) is 0 Å². The summed E-state index contributed by atoms with van der Waals surface area (Å²) in [4.78, 5) is 21.8. The number of hydrogen-bond acceptors (Lipinski definition) is 8. The third-order valence-electron chi connectivity index (χ3n) is 5.93. The Morgan fingerprint density at radius 2 is 1.68 bits per heavy atom. The van der Waals surface area contributed by atoms with E-state index >= 15 is 0 Å². The Balaban J connectivity index is 1.37. The maximum Gasteiger partial charge on any atom is 0.410 e. The van der Waals surface area contributed by atoms with E-state index in [4.69, 9.17) is 9.47 Å². The van der Waals surface area contributed by atoms with Gasteiger partial charge in [0.05, 0.1) is 7.11 Å². The molecule has 4 rings (SSSR count). The maximum absolute atomic E-state index is 15.0. The van der Waals surface area contributed by atoms with Crippen LogP contribution in [0.4, 0.5) is 20.8 Å². The van der Waals surface area contributed by atoms with Crippen molar-refractivity contribution in [2.45, 2.75) is 31.3 Å². The summed E-state index contributed by atoms with van der Waals surface area (Å²) in [6.45, 7) is 5.65. The molecular weight excluding hydrogens is 537 g/mol. The quantitative estimate of drug-likeness (QED) is 0.433.